The summed E-state index contributed by atoms with van der Waals surface area (Å²) in [5.41, 5.74) is 0. The van der Waals surface area contributed by atoms with Crippen molar-refractivity contribution in [1.82, 2.24) is 14.9 Å². The first-order valence-electron chi connectivity index (χ1n) is 4.43. The van der Waals surface area contributed by atoms with Crippen LogP contribution in [0.3, 0.4) is 0 Å². The van der Waals surface area contributed by atoms with Crippen molar-refractivity contribution in [2.24, 2.45) is 0 Å². The van der Waals surface area contributed by atoms with E-state index in [4.69, 9.17) is 0 Å². The largest absolute Gasteiger partial charge is 0.334 e. The number of imidazole rings is 1. The van der Waals surface area contributed by atoms with Gasteiger partial charge >= 0.3 is 0 Å². The Balaban J connectivity index is 2.56. The highest BCUT2D eigenvalue weighted by Crippen LogP contribution is 1.99. The molecule has 1 atom stereocenters. The van der Waals surface area contributed by atoms with Crippen molar-refractivity contribution in [3.63, 3.8) is 0 Å². The molecule has 0 aliphatic rings. The van der Waals surface area contributed by atoms with Crippen LogP contribution in [0.1, 0.15) is 19.2 Å². The second-order valence-electron chi connectivity index (χ2n) is 3.02. The number of nitrogens with one attached hydrogen (secondary N) is 1. The summed E-state index contributed by atoms with van der Waals surface area (Å²) >= 11 is 0. The van der Waals surface area contributed by atoms with Gasteiger partial charge in [-0.25, -0.2) is 4.98 Å². The summed E-state index contributed by atoms with van der Waals surface area (Å²) < 4.78 is 2.17. The molecule has 1 rings (SSSR count). The summed E-state index contributed by atoms with van der Waals surface area (Å²) in [4.78, 5) is 4.17. The second kappa shape index (κ2) is 4.26. The standard InChI is InChI=1S/C9H17N3/c1-4-9(10-3)7-12-6-5-11-8(12)2/h5-6,9-10H,4,7H2,1-3H3. The monoisotopic (exact) mass is 167 g/mol. The molecule has 0 aliphatic carbocycles. The fourth-order valence-corrected chi connectivity index (χ4v) is 1.26. The molecule has 1 unspecified atom stereocenters. The van der Waals surface area contributed by atoms with Gasteiger partial charge in [0.2, 0.25) is 0 Å². The molecule has 0 saturated heterocycles. The molecule has 0 aromatic carbocycles. The van der Waals surface area contributed by atoms with Gasteiger partial charge in [0, 0.05) is 25.0 Å². The molecule has 1 aromatic heterocycles. The quantitative estimate of drug-likeness (QED) is 0.730. The number of aromatic nitrogens is 2. The molecule has 0 bridgehead atoms. The van der Waals surface area contributed by atoms with Gasteiger partial charge < -0.3 is 9.88 Å². The van der Waals surface area contributed by atoms with Crippen LogP contribution in [0.2, 0.25) is 0 Å². The first-order chi connectivity index (χ1) is 5.77. The van der Waals surface area contributed by atoms with Gasteiger partial charge in [-0.15, -0.1) is 0 Å². The molecule has 3 heteroatoms. The lowest BCUT2D eigenvalue weighted by atomic mass is 10.2. The molecular weight excluding hydrogens is 150 g/mol. The summed E-state index contributed by atoms with van der Waals surface area (Å²) in [6.45, 7) is 5.23. The van der Waals surface area contributed by atoms with Gasteiger partial charge in [-0.1, -0.05) is 6.92 Å². The van der Waals surface area contributed by atoms with E-state index < -0.39 is 0 Å². The Kier molecular flexibility index (Phi) is 3.29. The number of hydrogen-bond acceptors (Lipinski definition) is 2. The third-order valence-electron chi connectivity index (χ3n) is 2.24. The zero-order valence-electron chi connectivity index (χ0n) is 8.04. The Labute approximate surface area is 73.8 Å². The maximum absolute atomic E-state index is 4.17. The molecule has 68 valence electrons. The number of likely N-dealkylation sites (N-methyl/N-ethyl adjacent to an activating group) is 1. The van der Waals surface area contributed by atoms with Crippen LogP contribution in [0.4, 0.5) is 0 Å². The van der Waals surface area contributed by atoms with Crippen molar-refractivity contribution in [3.8, 4) is 0 Å². The molecule has 0 fully saturated rings. The van der Waals surface area contributed by atoms with Gasteiger partial charge in [0.05, 0.1) is 0 Å². The van der Waals surface area contributed by atoms with Crippen molar-refractivity contribution < 1.29 is 0 Å². The minimum atomic E-state index is 0.554. The summed E-state index contributed by atoms with van der Waals surface area (Å²) in [7, 11) is 2.00. The van der Waals surface area contributed by atoms with Crippen molar-refractivity contribution >= 4 is 0 Å². The first-order valence-corrected chi connectivity index (χ1v) is 4.43. The summed E-state index contributed by atoms with van der Waals surface area (Å²) in [6, 6.07) is 0.554. The average Bonchev–Trinajstić information content (AvgIpc) is 2.47. The number of nitrogens with zero attached hydrogens (tertiary/aromatic N) is 2. The fraction of sp³-hybridized carbons (Fsp3) is 0.667. The molecule has 0 spiro atoms. The van der Waals surface area contributed by atoms with Crippen LogP contribution in [-0.4, -0.2) is 22.6 Å². The lowest BCUT2D eigenvalue weighted by molar-refractivity contribution is 0.463. The van der Waals surface area contributed by atoms with E-state index >= 15 is 0 Å². The Morgan fingerprint density at radius 1 is 1.67 bits per heavy atom. The zero-order valence-corrected chi connectivity index (χ0v) is 8.04. The molecule has 0 amide bonds. The van der Waals surface area contributed by atoms with E-state index in [-0.39, 0.29) is 0 Å². The van der Waals surface area contributed by atoms with E-state index in [2.05, 4.69) is 21.8 Å². The highest BCUT2D eigenvalue weighted by atomic mass is 15.1. The van der Waals surface area contributed by atoms with E-state index in [0.717, 1.165) is 18.8 Å². The molecule has 3 nitrogen and oxygen atoms in total. The third kappa shape index (κ3) is 2.08. The van der Waals surface area contributed by atoms with Gasteiger partial charge in [0.15, 0.2) is 0 Å². The fourth-order valence-electron chi connectivity index (χ4n) is 1.26. The highest BCUT2D eigenvalue weighted by Gasteiger charge is 2.04. The van der Waals surface area contributed by atoms with E-state index in [9.17, 15) is 0 Å². The van der Waals surface area contributed by atoms with Gasteiger partial charge in [0.1, 0.15) is 5.82 Å². The van der Waals surface area contributed by atoms with Crippen molar-refractivity contribution in [3.05, 3.63) is 18.2 Å². The molecule has 1 aromatic rings. The Morgan fingerprint density at radius 2 is 2.42 bits per heavy atom. The van der Waals surface area contributed by atoms with Gasteiger partial charge in [-0.2, -0.15) is 0 Å². The van der Waals surface area contributed by atoms with Gasteiger partial charge in [-0.3, -0.25) is 0 Å². The summed E-state index contributed by atoms with van der Waals surface area (Å²) in [5, 5.41) is 3.27. The molecule has 1 N–H and O–H groups in total. The highest BCUT2D eigenvalue weighted by molar-refractivity contribution is 4.89. The topological polar surface area (TPSA) is 29.9 Å². The van der Waals surface area contributed by atoms with E-state index in [1.807, 2.05) is 26.4 Å². The van der Waals surface area contributed by atoms with Gasteiger partial charge in [0.25, 0.3) is 0 Å². The van der Waals surface area contributed by atoms with E-state index in [1.165, 1.54) is 0 Å². The van der Waals surface area contributed by atoms with Crippen LogP contribution in [0, 0.1) is 6.92 Å². The minimum Gasteiger partial charge on any atom is -0.334 e. The summed E-state index contributed by atoms with van der Waals surface area (Å²) in [6.07, 6.45) is 5.02. The maximum atomic E-state index is 4.17. The first kappa shape index (κ1) is 9.26. The lowest BCUT2D eigenvalue weighted by Crippen LogP contribution is -2.29. The number of hydrogen-bond donors (Lipinski definition) is 1. The predicted octanol–water partition coefficient (Wildman–Crippen LogP) is 1.19. The molecule has 0 saturated carbocycles. The van der Waals surface area contributed by atoms with Crippen molar-refractivity contribution in [2.75, 3.05) is 7.05 Å². The smallest absolute Gasteiger partial charge is 0.105 e. The van der Waals surface area contributed by atoms with Crippen LogP contribution in [-0.2, 0) is 6.54 Å². The third-order valence-corrected chi connectivity index (χ3v) is 2.24. The van der Waals surface area contributed by atoms with Crippen LogP contribution in [0.15, 0.2) is 12.4 Å². The molecule has 12 heavy (non-hydrogen) atoms. The lowest BCUT2D eigenvalue weighted by Gasteiger charge is -2.15. The minimum absolute atomic E-state index is 0.554. The van der Waals surface area contributed by atoms with Crippen LogP contribution in [0.25, 0.3) is 0 Å². The van der Waals surface area contributed by atoms with Crippen LogP contribution < -0.4 is 5.32 Å². The normalized spacial score (nSPS) is 13.2. The summed E-state index contributed by atoms with van der Waals surface area (Å²) in [5.74, 6) is 1.09. The molecule has 1 heterocycles. The molecule has 0 aliphatic heterocycles. The number of rotatable bonds is 4. The van der Waals surface area contributed by atoms with Gasteiger partial charge in [-0.05, 0) is 20.4 Å². The van der Waals surface area contributed by atoms with Crippen molar-refractivity contribution in [1.29, 1.82) is 0 Å². The molecule has 0 radical (unpaired) electrons. The van der Waals surface area contributed by atoms with Crippen LogP contribution in [0.5, 0.6) is 0 Å². The molecular formula is C9H17N3. The van der Waals surface area contributed by atoms with E-state index in [0.29, 0.717) is 6.04 Å². The Bertz CT molecular complexity index is 225. The second-order valence-corrected chi connectivity index (χ2v) is 3.02. The van der Waals surface area contributed by atoms with E-state index in [1.54, 1.807) is 0 Å². The predicted molar refractivity (Wildman–Crippen MR) is 50.1 cm³/mol. The Morgan fingerprint density at radius 3 is 2.83 bits per heavy atom. The average molecular weight is 167 g/mol. The SMILES string of the molecule is CCC(Cn1ccnc1C)NC. The number of aryl methyl sites for hydroxylation is 1. The van der Waals surface area contributed by atoms with Crippen molar-refractivity contribution in [2.45, 2.75) is 32.9 Å². The zero-order chi connectivity index (χ0) is 8.97. The maximum Gasteiger partial charge on any atom is 0.105 e. The van der Waals surface area contributed by atoms with Crippen LogP contribution >= 0.6 is 0 Å². The Hall–Kier alpha value is -0.830.